The number of aryl methyl sites for hydroxylation is 1. The summed E-state index contributed by atoms with van der Waals surface area (Å²) in [4.78, 5) is 8.56. The topological polar surface area (TPSA) is 37.8 Å². The van der Waals surface area contributed by atoms with Crippen LogP contribution in [0.15, 0.2) is 0 Å². The molecule has 0 radical (unpaired) electrons. The molecule has 0 saturated heterocycles. The number of hydrogen-bond acceptors (Lipinski definition) is 3. The van der Waals surface area contributed by atoms with Crippen molar-refractivity contribution in [3.05, 3.63) is 16.5 Å². The standard InChI is InChI=1S/C13H20ClN3/c1-9-11(14)16-10(2)17-12(9)15-8-13(3)6-4-5-7-13/h4-8H2,1-3H3,(H,15,16,17). The molecule has 1 fully saturated rings. The van der Waals surface area contributed by atoms with Crippen molar-refractivity contribution in [1.82, 2.24) is 9.97 Å². The van der Waals surface area contributed by atoms with Crippen LogP contribution in [0.4, 0.5) is 5.82 Å². The minimum Gasteiger partial charge on any atom is -0.369 e. The molecular weight excluding hydrogens is 234 g/mol. The fourth-order valence-corrected chi connectivity index (χ4v) is 2.68. The fraction of sp³-hybridized carbons (Fsp3) is 0.692. The second kappa shape index (κ2) is 4.81. The first-order valence-electron chi connectivity index (χ1n) is 6.25. The van der Waals surface area contributed by atoms with E-state index >= 15 is 0 Å². The van der Waals surface area contributed by atoms with Crippen LogP contribution in [0.5, 0.6) is 0 Å². The first kappa shape index (κ1) is 12.6. The normalized spacial score (nSPS) is 18.4. The van der Waals surface area contributed by atoms with Crippen molar-refractivity contribution in [2.75, 3.05) is 11.9 Å². The summed E-state index contributed by atoms with van der Waals surface area (Å²) in [6.07, 6.45) is 5.30. The van der Waals surface area contributed by atoms with Gasteiger partial charge in [0.2, 0.25) is 0 Å². The molecule has 0 spiro atoms. The van der Waals surface area contributed by atoms with Gasteiger partial charge in [0.15, 0.2) is 0 Å². The Morgan fingerprint density at radius 1 is 1.24 bits per heavy atom. The third-order valence-electron chi connectivity index (χ3n) is 3.69. The molecule has 1 heterocycles. The molecule has 0 aromatic carbocycles. The fourth-order valence-electron chi connectivity index (χ4n) is 2.47. The van der Waals surface area contributed by atoms with Gasteiger partial charge >= 0.3 is 0 Å². The molecule has 1 N–H and O–H groups in total. The highest BCUT2D eigenvalue weighted by Crippen LogP contribution is 2.37. The number of nitrogens with zero attached hydrogens (tertiary/aromatic N) is 2. The van der Waals surface area contributed by atoms with E-state index in [1.807, 2.05) is 13.8 Å². The molecule has 1 aliphatic rings. The Kier molecular flexibility index (Phi) is 3.57. The Labute approximate surface area is 108 Å². The SMILES string of the molecule is Cc1nc(Cl)c(C)c(NCC2(C)CCCC2)n1. The largest absolute Gasteiger partial charge is 0.369 e. The molecule has 0 bridgehead atoms. The first-order chi connectivity index (χ1) is 8.00. The van der Waals surface area contributed by atoms with Crippen molar-refractivity contribution < 1.29 is 0 Å². The van der Waals surface area contributed by atoms with Gasteiger partial charge in [-0.25, -0.2) is 9.97 Å². The zero-order valence-corrected chi connectivity index (χ0v) is 11.6. The predicted molar refractivity (Wildman–Crippen MR) is 71.6 cm³/mol. The summed E-state index contributed by atoms with van der Waals surface area (Å²) in [5, 5.41) is 3.99. The molecule has 0 amide bonds. The van der Waals surface area contributed by atoms with Crippen LogP contribution >= 0.6 is 11.6 Å². The van der Waals surface area contributed by atoms with Crippen molar-refractivity contribution in [1.29, 1.82) is 0 Å². The number of halogens is 1. The third kappa shape index (κ3) is 2.89. The van der Waals surface area contributed by atoms with Gasteiger partial charge in [0.05, 0.1) is 0 Å². The van der Waals surface area contributed by atoms with Gasteiger partial charge in [-0.05, 0) is 32.1 Å². The molecule has 1 aliphatic carbocycles. The van der Waals surface area contributed by atoms with Gasteiger partial charge in [-0.2, -0.15) is 0 Å². The maximum Gasteiger partial charge on any atom is 0.137 e. The van der Waals surface area contributed by atoms with Gasteiger partial charge in [-0.3, -0.25) is 0 Å². The molecule has 1 saturated carbocycles. The zero-order chi connectivity index (χ0) is 12.5. The first-order valence-corrected chi connectivity index (χ1v) is 6.63. The van der Waals surface area contributed by atoms with E-state index in [1.54, 1.807) is 0 Å². The van der Waals surface area contributed by atoms with Crippen LogP contribution < -0.4 is 5.32 Å². The van der Waals surface area contributed by atoms with Crippen molar-refractivity contribution in [3.8, 4) is 0 Å². The van der Waals surface area contributed by atoms with E-state index in [-0.39, 0.29) is 0 Å². The average Bonchev–Trinajstić information content (AvgIpc) is 2.69. The molecule has 94 valence electrons. The van der Waals surface area contributed by atoms with Crippen LogP contribution in [-0.2, 0) is 0 Å². The number of rotatable bonds is 3. The molecule has 3 nitrogen and oxygen atoms in total. The molecule has 2 rings (SSSR count). The molecule has 0 unspecified atom stereocenters. The van der Waals surface area contributed by atoms with Gasteiger partial charge in [0, 0.05) is 12.1 Å². The second-order valence-corrected chi connectivity index (χ2v) is 5.76. The van der Waals surface area contributed by atoms with Crippen molar-refractivity contribution in [2.24, 2.45) is 5.41 Å². The van der Waals surface area contributed by atoms with Gasteiger partial charge in [-0.1, -0.05) is 31.4 Å². The highest BCUT2D eigenvalue weighted by molar-refractivity contribution is 6.30. The lowest BCUT2D eigenvalue weighted by molar-refractivity contribution is 0.361. The molecule has 1 aromatic rings. The molecule has 1 aromatic heterocycles. The van der Waals surface area contributed by atoms with Gasteiger partial charge in [0.25, 0.3) is 0 Å². The summed E-state index contributed by atoms with van der Waals surface area (Å²) in [5.74, 6) is 1.61. The van der Waals surface area contributed by atoms with Crippen LogP contribution in [-0.4, -0.2) is 16.5 Å². The number of aromatic nitrogens is 2. The zero-order valence-electron chi connectivity index (χ0n) is 10.8. The molecule has 17 heavy (non-hydrogen) atoms. The predicted octanol–water partition coefficient (Wildman–Crippen LogP) is 3.74. The van der Waals surface area contributed by atoms with Crippen molar-refractivity contribution in [3.63, 3.8) is 0 Å². The lowest BCUT2D eigenvalue weighted by Gasteiger charge is -2.24. The summed E-state index contributed by atoms with van der Waals surface area (Å²) in [6, 6.07) is 0. The lowest BCUT2D eigenvalue weighted by Crippen LogP contribution is -2.24. The Balaban J connectivity index is 2.08. The molecule has 4 heteroatoms. The Morgan fingerprint density at radius 3 is 2.53 bits per heavy atom. The average molecular weight is 254 g/mol. The second-order valence-electron chi connectivity index (χ2n) is 5.41. The van der Waals surface area contributed by atoms with E-state index in [1.165, 1.54) is 25.7 Å². The molecule has 0 atom stereocenters. The van der Waals surface area contributed by atoms with E-state index in [0.29, 0.717) is 10.6 Å². The summed E-state index contributed by atoms with van der Waals surface area (Å²) >= 11 is 6.06. The van der Waals surface area contributed by atoms with Gasteiger partial charge < -0.3 is 5.32 Å². The van der Waals surface area contributed by atoms with Crippen LogP contribution in [0, 0.1) is 19.3 Å². The highest BCUT2D eigenvalue weighted by Gasteiger charge is 2.28. The van der Waals surface area contributed by atoms with Gasteiger partial charge in [-0.15, -0.1) is 0 Å². The van der Waals surface area contributed by atoms with E-state index in [0.717, 1.165) is 23.8 Å². The lowest BCUT2D eigenvalue weighted by atomic mass is 9.89. The van der Waals surface area contributed by atoms with Crippen LogP contribution in [0.3, 0.4) is 0 Å². The van der Waals surface area contributed by atoms with Crippen molar-refractivity contribution in [2.45, 2.75) is 46.5 Å². The maximum atomic E-state index is 6.06. The smallest absolute Gasteiger partial charge is 0.137 e. The van der Waals surface area contributed by atoms with E-state index in [4.69, 9.17) is 11.6 Å². The van der Waals surface area contributed by atoms with E-state index in [2.05, 4.69) is 22.2 Å². The van der Waals surface area contributed by atoms with E-state index in [9.17, 15) is 0 Å². The Hall–Kier alpha value is -0.830. The number of nitrogens with one attached hydrogen (secondary N) is 1. The van der Waals surface area contributed by atoms with Crippen molar-refractivity contribution >= 4 is 17.4 Å². The molecule has 0 aliphatic heterocycles. The quantitative estimate of drug-likeness (QED) is 0.834. The number of hydrogen-bond donors (Lipinski definition) is 1. The Bertz CT molecular complexity index is 411. The van der Waals surface area contributed by atoms with Crippen LogP contribution in [0.2, 0.25) is 5.15 Å². The minimum absolute atomic E-state index is 0.414. The number of anilines is 1. The maximum absolute atomic E-state index is 6.06. The summed E-state index contributed by atoms with van der Waals surface area (Å²) in [5.41, 5.74) is 1.36. The monoisotopic (exact) mass is 253 g/mol. The third-order valence-corrected chi connectivity index (χ3v) is 4.06. The summed E-state index contributed by atoms with van der Waals surface area (Å²) < 4.78 is 0. The Morgan fingerprint density at radius 2 is 1.88 bits per heavy atom. The van der Waals surface area contributed by atoms with Crippen LogP contribution in [0.25, 0.3) is 0 Å². The summed E-state index contributed by atoms with van der Waals surface area (Å²) in [6.45, 7) is 7.15. The van der Waals surface area contributed by atoms with Gasteiger partial charge in [0.1, 0.15) is 16.8 Å². The summed E-state index contributed by atoms with van der Waals surface area (Å²) in [7, 11) is 0. The molecular formula is C13H20ClN3. The highest BCUT2D eigenvalue weighted by atomic mass is 35.5. The van der Waals surface area contributed by atoms with E-state index < -0.39 is 0 Å². The van der Waals surface area contributed by atoms with Crippen LogP contribution in [0.1, 0.15) is 44.0 Å². The minimum atomic E-state index is 0.414.